The Hall–Kier alpha value is -2.23. The van der Waals surface area contributed by atoms with Crippen LogP contribution in [0.4, 0.5) is 5.69 Å². The molecular formula is C13H13N3O. The molecule has 0 saturated carbocycles. The highest BCUT2D eigenvalue weighted by Gasteiger charge is 2.00. The largest absolute Gasteiger partial charge is 0.379 e. The topological polar surface area (TPSA) is 43.0 Å². The number of anilines is 1. The molecule has 4 nitrogen and oxygen atoms in total. The van der Waals surface area contributed by atoms with Crippen molar-refractivity contribution in [1.29, 1.82) is 0 Å². The monoisotopic (exact) mass is 227 g/mol. The maximum Gasteiger partial charge on any atom is 0.124 e. The Morgan fingerprint density at radius 1 is 1.29 bits per heavy atom. The molecule has 3 aromatic rings. The van der Waals surface area contributed by atoms with Crippen LogP contribution in [0.5, 0.6) is 0 Å². The summed E-state index contributed by atoms with van der Waals surface area (Å²) in [4.78, 5) is 0. The van der Waals surface area contributed by atoms with Gasteiger partial charge in [0.1, 0.15) is 12.0 Å². The molecule has 0 spiro atoms. The molecular weight excluding hydrogens is 214 g/mol. The lowest BCUT2D eigenvalue weighted by Gasteiger charge is -2.04. The second-order valence-corrected chi connectivity index (χ2v) is 4.04. The van der Waals surface area contributed by atoms with Gasteiger partial charge in [0.15, 0.2) is 0 Å². The van der Waals surface area contributed by atoms with Gasteiger partial charge in [0.2, 0.25) is 0 Å². The van der Waals surface area contributed by atoms with E-state index < -0.39 is 0 Å². The predicted octanol–water partition coefficient (Wildman–Crippen LogP) is 2.78. The van der Waals surface area contributed by atoms with E-state index in [0.717, 1.165) is 11.4 Å². The quantitative estimate of drug-likeness (QED) is 0.748. The minimum absolute atomic E-state index is 0.675. The molecule has 0 saturated heterocycles. The van der Waals surface area contributed by atoms with Crippen molar-refractivity contribution in [2.24, 2.45) is 7.05 Å². The van der Waals surface area contributed by atoms with E-state index in [1.54, 1.807) is 6.26 Å². The average molecular weight is 227 g/mol. The number of hydrogen-bond donors (Lipinski definition) is 1. The smallest absolute Gasteiger partial charge is 0.124 e. The molecule has 0 aliphatic carbocycles. The summed E-state index contributed by atoms with van der Waals surface area (Å²) >= 11 is 0. The summed E-state index contributed by atoms with van der Waals surface area (Å²) in [5, 5.41) is 8.41. The van der Waals surface area contributed by atoms with Gasteiger partial charge in [0.05, 0.1) is 6.54 Å². The van der Waals surface area contributed by atoms with E-state index in [0.29, 0.717) is 6.54 Å². The highest BCUT2D eigenvalue weighted by atomic mass is 16.5. The molecule has 2 heterocycles. The molecule has 0 bridgehead atoms. The first-order chi connectivity index (χ1) is 8.33. The van der Waals surface area contributed by atoms with E-state index >= 15 is 0 Å². The number of benzene rings is 1. The van der Waals surface area contributed by atoms with Crippen LogP contribution in [0.15, 0.2) is 47.3 Å². The highest BCUT2D eigenvalue weighted by Crippen LogP contribution is 2.19. The Balaban J connectivity index is 1.81. The van der Waals surface area contributed by atoms with Crippen LogP contribution in [0.3, 0.4) is 0 Å². The molecule has 0 unspecified atom stereocenters. The van der Waals surface area contributed by atoms with Crippen LogP contribution in [0.1, 0.15) is 5.69 Å². The van der Waals surface area contributed by atoms with E-state index in [1.165, 1.54) is 10.9 Å². The van der Waals surface area contributed by atoms with Gasteiger partial charge in [-0.15, -0.1) is 0 Å². The van der Waals surface area contributed by atoms with Gasteiger partial charge < -0.3 is 14.4 Å². The maximum atomic E-state index is 4.78. The zero-order chi connectivity index (χ0) is 11.7. The molecule has 2 aromatic heterocycles. The fraction of sp³-hybridized carbons (Fsp3) is 0.154. The van der Waals surface area contributed by atoms with Gasteiger partial charge in [-0.3, -0.25) is 0 Å². The number of aromatic nitrogens is 2. The second kappa shape index (κ2) is 3.97. The van der Waals surface area contributed by atoms with Gasteiger partial charge in [0.25, 0.3) is 0 Å². The van der Waals surface area contributed by atoms with Gasteiger partial charge in [-0.1, -0.05) is 5.16 Å². The van der Waals surface area contributed by atoms with Gasteiger partial charge in [-0.05, 0) is 24.3 Å². The van der Waals surface area contributed by atoms with Crippen LogP contribution >= 0.6 is 0 Å². The van der Waals surface area contributed by atoms with Crippen molar-refractivity contribution in [2.75, 3.05) is 5.32 Å². The van der Waals surface area contributed by atoms with Crippen LogP contribution in [0.2, 0.25) is 0 Å². The third-order valence-electron chi connectivity index (χ3n) is 2.85. The number of rotatable bonds is 3. The minimum Gasteiger partial charge on any atom is -0.379 e. The summed E-state index contributed by atoms with van der Waals surface area (Å²) in [6, 6.07) is 10.3. The minimum atomic E-state index is 0.675. The maximum absolute atomic E-state index is 4.78. The number of fused-ring (bicyclic) bond motifs is 1. The molecule has 0 aliphatic heterocycles. The van der Waals surface area contributed by atoms with Crippen LogP contribution in [0.25, 0.3) is 10.9 Å². The second-order valence-electron chi connectivity index (χ2n) is 4.04. The summed E-state index contributed by atoms with van der Waals surface area (Å²) in [7, 11) is 2.05. The Labute approximate surface area is 98.8 Å². The first-order valence-electron chi connectivity index (χ1n) is 5.51. The van der Waals surface area contributed by atoms with Crippen molar-refractivity contribution in [3.8, 4) is 0 Å². The van der Waals surface area contributed by atoms with E-state index in [4.69, 9.17) is 4.52 Å². The lowest BCUT2D eigenvalue weighted by Crippen LogP contribution is -1.99. The van der Waals surface area contributed by atoms with Gasteiger partial charge >= 0.3 is 0 Å². The lowest BCUT2D eigenvalue weighted by atomic mass is 10.2. The molecule has 3 rings (SSSR count). The first-order valence-corrected chi connectivity index (χ1v) is 5.51. The van der Waals surface area contributed by atoms with Crippen molar-refractivity contribution >= 4 is 16.6 Å². The Kier molecular flexibility index (Phi) is 2.33. The number of aryl methyl sites for hydroxylation is 1. The molecule has 1 N–H and O–H groups in total. The molecule has 86 valence electrons. The van der Waals surface area contributed by atoms with Crippen LogP contribution in [-0.4, -0.2) is 9.72 Å². The standard InChI is InChI=1S/C13H13N3O/c1-16-6-4-10-8-11(2-3-13(10)16)14-9-12-5-7-17-15-12/h2-8,14H,9H2,1H3. The summed E-state index contributed by atoms with van der Waals surface area (Å²) in [5.74, 6) is 0. The average Bonchev–Trinajstić information content (AvgIpc) is 2.97. The molecule has 1 aromatic carbocycles. The Bertz CT molecular complexity index is 625. The first kappa shape index (κ1) is 9.96. The summed E-state index contributed by atoms with van der Waals surface area (Å²) in [6.07, 6.45) is 3.64. The molecule has 0 atom stereocenters. The Morgan fingerprint density at radius 3 is 3.06 bits per heavy atom. The van der Waals surface area contributed by atoms with Crippen molar-refractivity contribution in [2.45, 2.75) is 6.54 Å². The van der Waals surface area contributed by atoms with Crippen LogP contribution in [-0.2, 0) is 13.6 Å². The predicted molar refractivity (Wildman–Crippen MR) is 66.7 cm³/mol. The molecule has 0 aliphatic rings. The van der Waals surface area contributed by atoms with E-state index in [2.05, 4.69) is 45.5 Å². The number of nitrogens with one attached hydrogen (secondary N) is 1. The molecule has 0 radical (unpaired) electrons. The lowest BCUT2D eigenvalue weighted by molar-refractivity contribution is 0.412. The Morgan fingerprint density at radius 2 is 2.24 bits per heavy atom. The van der Waals surface area contributed by atoms with Crippen molar-refractivity contribution in [3.63, 3.8) is 0 Å². The molecule has 0 amide bonds. The van der Waals surface area contributed by atoms with Gasteiger partial charge in [-0.25, -0.2) is 0 Å². The van der Waals surface area contributed by atoms with Crippen molar-refractivity contribution in [1.82, 2.24) is 9.72 Å². The third kappa shape index (κ3) is 1.89. The third-order valence-corrected chi connectivity index (χ3v) is 2.85. The molecule has 4 heteroatoms. The highest BCUT2D eigenvalue weighted by molar-refractivity contribution is 5.83. The van der Waals surface area contributed by atoms with Crippen LogP contribution < -0.4 is 5.32 Å². The fourth-order valence-corrected chi connectivity index (χ4v) is 1.91. The zero-order valence-electron chi connectivity index (χ0n) is 9.55. The molecule has 0 fully saturated rings. The van der Waals surface area contributed by atoms with Gasteiger partial charge in [-0.2, -0.15) is 0 Å². The van der Waals surface area contributed by atoms with Crippen molar-refractivity contribution in [3.05, 3.63) is 48.5 Å². The van der Waals surface area contributed by atoms with Crippen molar-refractivity contribution < 1.29 is 4.52 Å². The summed E-state index contributed by atoms with van der Waals surface area (Å²) in [6.45, 7) is 0.675. The van der Waals surface area contributed by atoms with E-state index in [-0.39, 0.29) is 0 Å². The summed E-state index contributed by atoms with van der Waals surface area (Å²) < 4.78 is 6.89. The number of hydrogen-bond acceptors (Lipinski definition) is 3. The fourth-order valence-electron chi connectivity index (χ4n) is 1.91. The SMILES string of the molecule is Cn1ccc2cc(NCc3ccon3)ccc21. The van der Waals surface area contributed by atoms with E-state index in [1.807, 2.05) is 13.1 Å². The summed E-state index contributed by atoms with van der Waals surface area (Å²) in [5.41, 5.74) is 3.22. The van der Waals surface area contributed by atoms with Gasteiger partial charge in [0, 0.05) is 35.9 Å². The van der Waals surface area contributed by atoms with Crippen LogP contribution in [0, 0.1) is 0 Å². The number of nitrogens with zero attached hydrogens (tertiary/aromatic N) is 2. The molecule has 17 heavy (non-hydrogen) atoms. The van der Waals surface area contributed by atoms with E-state index in [9.17, 15) is 0 Å². The zero-order valence-corrected chi connectivity index (χ0v) is 9.55. The normalized spacial score (nSPS) is 10.9.